The van der Waals surface area contributed by atoms with Crippen LogP contribution in [0.1, 0.15) is 0 Å². The Hall–Kier alpha value is -8.53. The summed E-state index contributed by atoms with van der Waals surface area (Å²) >= 11 is 0. The normalized spacial score (nSPS) is 11.8. The largest absolute Gasteiger partial charge is 0.310 e. The van der Waals surface area contributed by atoms with E-state index < -0.39 is 0 Å². The van der Waals surface area contributed by atoms with Crippen LogP contribution in [-0.2, 0) is 0 Å². The van der Waals surface area contributed by atoms with Crippen LogP contribution in [0.15, 0.2) is 237 Å². The first kappa shape index (κ1) is 36.2. The number of nitrogens with zero attached hydrogens (tertiary/aromatic N) is 3. The molecule has 0 bridgehead atoms. The van der Waals surface area contributed by atoms with Crippen molar-refractivity contribution in [1.29, 1.82) is 0 Å². The third kappa shape index (κ3) is 5.86. The quantitative estimate of drug-likeness (QED) is 0.149. The highest BCUT2D eigenvalue weighted by atomic mass is 15.1. The molecule has 13 aromatic rings. The fraction of sp³-hybridized carbons (Fsp3) is 0. The summed E-state index contributed by atoms with van der Waals surface area (Å²) in [5.41, 5.74) is 12.4. The van der Waals surface area contributed by atoms with E-state index in [1.165, 1.54) is 76.1 Å². The van der Waals surface area contributed by atoms with Crippen molar-refractivity contribution in [3.63, 3.8) is 0 Å². The molecule has 1 heterocycles. The van der Waals surface area contributed by atoms with Gasteiger partial charge >= 0.3 is 0 Å². The first-order chi connectivity index (χ1) is 31.7. The molecule has 0 saturated heterocycles. The van der Waals surface area contributed by atoms with Gasteiger partial charge in [-0.15, -0.1) is 0 Å². The summed E-state index contributed by atoms with van der Waals surface area (Å²) in [6, 6.07) is 86.0. The van der Waals surface area contributed by atoms with Crippen molar-refractivity contribution in [2.45, 2.75) is 0 Å². The molecule has 0 fully saturated rings. The SMILES string of the molecule is c1ccc(-n2c(-c3ccc(-c4ccc5ccc6c(-c7ccc(N(c8ccc9ccccc9c8)c8ccc9ccccc9c8)cc7)ccc7ccc4c5c76)cc3)nc3ccccc32)cc1. The Balaban J connectivity index is 0.894. The predicted molar refractivity (Wildman–Crippen MR) is 271 cm³/mol. The molecule has 298 valence electrons. The summed E-state index contributed by atoms with van der Waals surface area (Å²) in [7, 11) is 0. The minimum atomic E-state index is 0.935. The zero-order chi connectivity index (χ0) is 42.1. The predicted octanol–water partition coefficient (Wildman–Crippen LogP) is 16.7. The molecular weight excluding hydrogens is 775 g/mol. The summed E-state index contributed by atoms with van der Waals surface area (Å²) in [5, 5.41) is 12.5. The Bertz CT molecular complexity index is 3800. The molecule has 3 heteroatoms. The Kier molecular flexibility index (Phi) is 8.22. The molecule has 12 aromatic carbocycles. The van der Waals surface area contributed by atoms with Crippen LogP contribution in [0.4, 0.5) is 17.1 Å². The first-order valence-corrected chi connectivity index (χ1v) is 21.9. The molecule has 0 aliphatic rings. The van der Waals surface area contributed by atoms with Gasteiger partial charge in [-0.2, -0.15) is 0 Å². The van der Waals surface area contributed by atoms with Gasteiger partial charge in [-0.05, 0) is 137 Å². The van der Waals surface area contributed by atoms with Gasteiger partial charge in [-0.3, -0.25) is 4.57 Å². The van der Waals surface area contributed by atoms with Gasteiger partial charge in [0.05, 0.1) is 11.0 Å². The molecule has 0 unspecified atom stereocenters. The Morgan fingerprint density at radius 3 is 1.38 bits per heavy atom. The molecular formula is C61H39N3. The van der Waals surface area contributed by atoms with Crippen LogP contribution in [0.25, 0.3) is 104 Å². The molecule has 0 aliphatic carbocycles. The number of anilines is 3. The van der Waals surface area contributed by atoms with Crippen molar-refractivity contribution in [2.24, 2.45) is 0 Å². The lowest BCUT2D eigenvalue weighted by atomic mass is 9.87. The van der Waals surface area contributed by atoms with Gasteiger partial charge in [-0.25, -0.2) is 4.98 Å². The molecule has 0 aliphatic heterocycles. The van der Waals surface area contributed by atoms with Crippen molar-refractivity contribution >= 4 is 82.0 Å². The maximum atomic E-state index is 5.12. The number of hydrogen-bond donors (Lipinski definition) is 0. The summed E-state index contributed by atoms with van der Waals surface area (Å²) in [6.07, 6.45) is 0. The van der Waals surface area contributed by atoms with Crippen LogP contribution in [-0.4, -0.2) is 9.55 Å². The van der Waals surface area contributed by atoms with E-state index in [9.17, 15) is 0 Å². The summed E-state index contributed by atoms with van der Waals surface area (Å²) in [4.78, 5) is 7.50. The number of benzene rings is 12. The second kappa shape index (κ2) is 14.5. The van der Waals surface area contributed by atoms with E-state index in [1.54, 1.807) is 0 Å². The first-order valence-electron chi connectivity index (χ1n) is 21.9. The van der Waals surface area contributed by atoms with Crippen LogP contribution in [0.2, 0.25) is 0 Å². The van der Waals surface area contributed by atoms with E-state index >= 15 is 0 Å². The van der Waals surface area contributed by atoms with Crippen molar-refractivity contribution in [2.75, 3.05) is 4.90 Å². The average molecular weight is 814 g/mol. The fourth-order valence-electron chi connectivity index (χ4n) is 10.0. The molecule has 1 aromatic heterocycles. The highest BCUT2D eigenvalue weighted by molar-refractivity contribution is 6.27. The van der Waals surface area contributed by atoms with Gasteiger partial charge in [0.1, 0.15) is 5.82 Å². The third-order valence-electron chi connectivity index (χ3n) is 13.1. The van der Waals surface area contributed by atoms with E-state index in [1.807, 2.05) is 0 Å². The molecule has 0 saturated carbocycles. The number of imidazole rings is 1. The summed E-state index contributed by atoms with van der Waals surface area (Å²) in [5.74, 6) is 0.935. The minimum Gasteiger partial charge on any atom is -0.310 e. The van der Waals surface area contributed by atoms with Gasteiger partial charge in [0, 0.05) is 28.3 Å². The van der Waals surface area contributed by atoms with Gasteiger partial charge in [0.15, 0.2) is 0 Å². The van der Waals surface area contributed by atoms with Crippen LogP contribution >= 0.6 is 0 Å². The molecule has 64 heavy (non-hydrogen) atoms. The summed E-state index contributed by atoms with van der Waals surface area (Å²) in [6.45, 7) is 0. The number of fused-ring (bicyclic) bond motifs is 3. The lowest BCUT2D eigenvalue weighted by molar-refractivity contribution is 1.10. The molecule has 0 atom stereocenters. The Morgan fingerprint density at radius 1 is 0.328 bits per heavy atom. The molecule has 0 radical (unpaired) electrons. The smallest absolute Gasteiger partial charge is 0.145 e. The third-order valence-corrected chi connectivity index (χ3v) is 13.1. The molecule has 0 N–H and O–H groups in total. The van der Waals surface area contributed by atoms with E-state index in [0.29, 0.717) is 0 Å². The van der Waals surface area contributed by atoms with E-state index in [0.717, 1.165) is 45.2 Å². The van der Waals surface area contributed by atoms with Gasteiger partial charge in [0.2, 0.25) is 0 Å². The van der Waals surface area contributed by atoms with E-state index in [2.05, 4.69) is 246 Å². The van der Waals surface area contributed by atoms with Crippen LogP contribution in [0, 0.1) is 0 Å². The van der Waals surface area contributed by atoms with Gasteiger partial charge in [0.25, 0.3) is 0 Å². The fourth-order valence-corrected chi connectivity index (χ4v) is 10.0. The average Bonchev–Trinajstić information content (AvgIpc) is 3.76. The maximum Gasteiger partial charge on any atom is 0.145 e. The number of aromatic nitrogens is 2. The molecule has 3 nitrogen and oxygen atoms in total. The van der Waals surface area contributed by atoms with Crippen molar-refractivity contribution in [3.8, 4) is 39.3 Å². The number of hydrogen-bond acceptors (Lipinski definition) is 2. The Labute approximate surface area is 370 Å². The van der Waals surface area contributed by atoms with Crippen molar-refractivity contribution in [3.05, 3.63) is 237 Å². The van der Waals surface area contributed by atoms with Crippen LogP contribution in [0.5, 0.6) is 0 Å². The van der Waals surface area contributed by atoms with Gasteiger partial charge in [-0.1, -0.05) is 176 Å². The molecule has 0 spiro atoms. The highest BCUT2D eigenvalue weighted by Gasteiger charge is 2.19. The van der Waals surface area contributed by atoms with Crippen molar-refractivity contribution < 1.29 is 0 Å². The van der Waals surface area contributed by atoms with Crippen LogP contribution < -0.4 is 4.90 Å². The second-order valence-corrected chi connectivity index (χ2v) is 16.8. The molecule has 13 rings (SSSR count). The highest BCUT2D eigenvalue weighted by Crippen LogP contribution is 2.44. The number of rotatable bonds is 7. The zero-order valence-electron chi connectivity index (χ0n) is 34.9. The lowest BCUT2D eigenvalue weighted by Crippen LogP contribution is -2.09. The van der Waals surface area contributed by atoms with E-state index in [4.69, 9.17) is 4.98 Å². The van der Waals surface area contributed by atoms with Gasteiger partial charge < -0.3 is 4.90 Å². The Morgan fingerprint density at radius 2 is 0.781 bits per heavy atom. The van der Waals surface area contributed by atoms with Crippen molar-refractivity contribution in [1.82, 2.24) is 9.55 Å². The number of para-hydroxylation sites is 3. The lowest BCUT2D eigenvalue weighted by Gasteiger charge is -2.26. The topological polar surface area (TPSA) is 21.1 Å². The van der Waals surface area contributed by atoms with Crippen LogP contribution in [0.3, 0.4) is 0 Å². The maximum absolute atomic E-state index is 5.12. The standard InChI is InChI=1S/C61H39N3/c1-2-14-49(15-3-1)64-58-17-9-8-16-57(58)62-61(64)46-20-18-42(19-21-46)53-34-26-44-29-37-56-54(35-27-45-28-36-55(53)59(44)60(45)56)43-24-30-50(31-25-43)63(51-32-22-40-10-4-6-12-47(40)38-51)52-33-23-41-11-5-7-13-48(41)39-52/h1-39H. The monoisotopic (exact) mass is 813 g/mol. The second-order valence-electron chi connectivity index (χ2n) is 16.8. The zero-order valence-corrected chi connectivity index (χ0v) is 34.9. The van der Waals surface area contributed by atoms with E-state index in [-0.39, 0.29) is 0 Å². The minimum absolute atomic E-state index is 0.935. The molecule has 0 amide bonds. The summed E-state index contributed by atoms with van der Waals surface area (Å²) < 4.78 is 2.26.